The van der Waals surface area contributed by atoms with Crippen molar-refractivity contribution in [2.45, 2.75) is 102 Å². The first-order valence-corrected chi connectivity index (χ1v) is 16.1. The van der Waals surface area contributed by atoms with E-state index >= 15 is 0 Å². The number of hydrogen-bond acceptors (Lipinski definition) is 11. The Hall–Kier alpha value is -3.00. The van der Waals surface area contributed by atoms with Crippen LogP contribution in [0.5, 0.6) is 0 Å². The largest absolute Gasteiger partial charge is 0.456 e. The lowest BCUT2D eigenvalue weighted by Gasteiger charge is -2.66. The van der Waals surface area contributed by atoms with Crippen LogP contribution in [0.4, 0.5) is 4.39 Å². The van der Waals surface area contributed by atoms with Crippen molar-refractivity contribution >= 4 is 11.9 Å². The van der Waals surface area contributed by atoms with E-state index in [1.807, 2.05) is 46.8 Å². The minimum Gasteiger partial charge on any atom is -0.456 e. The maximum absolute atomic E-state index is 14.8. The van der Waals surface area contributed by atoms with Crippen molar-refractivity contribution in [3.63, 3.8) is 0 Å². The van der Waals surface area contributed by atoms with Crippen molar-refractivity contribution in [3.8, 4) is 0 Å². The van der Waals surface area contributed by atoms with Crippen molar-refractivity contribution in [2.75, 3.05) is 13.7 Å². The van der Waals surface area contributed by atoms with Gasteiger partial charge >= 0.3 is 11.9 Å². The Morgan fingerprint density at radius 1 is 1.32 bits per heavy atom. The van der Waals surface area contributed by atoms with Crippen LogP contribution < -0.4 is 5.32 Å². The minimum atomic E-state index is -1.60. The molecule has 3 fully saturated rings. The van der Waals surface area contributed by atoms with Crippen LogP contribution in [0.15, 0.2) is 54.3 Å². The van der Waals surface area contributed by atoms with Gasteiger partial charge in [0.15, 0.2) is 18.0 Å². The van der Waals surface area contributed by atoms with Gasteiger partial charge in [-0.1, -0.05) is 46.4 Å². The maximum atomic E-state index is 14.8. The molecule has 0 amide bonds. The lowest BCUT2D eigenvalue weighted by molar-refractivity contribution is -0.306. The molecule has 5 aliphatic rings. The average molecular weight is 659 g/mol. The Kier molecular flexibility index (Phi) is 8.00. The number of esters is 2. The molecule has 12 atom stereocenters. The number of rotatable bonds is 8. The summed E-state index contributed by atoms with van der Waals surface area (Å²) in [4.78, 5) is 30.6. The van der Waals surface area contributed by atoms with Crippen molar-refractivity contribution in [1.29, 1.82) is 1.43 Å². The van der Waals surface area contributed by atoms with Gasteiger partial charge in [0, 0.05) is 36.3 Å². The molecule has 47 heavy (non-hydrogen) atoms. The van der Waals surface area contributed by atoms with E-state index < -0.39 is 94.5 Å². The summed E-state index contributed by atoms with van der Waals surface area (Å²) in [6.07, 6.45) is 1.60. The highest BCUT2D eigenvalue weighted by atomic mass is 19.1. The van der Waals surface area contributed by atoms with Gasteiger partial charge in [-0.05, 0) is 49.2 Å². The molecule has 2 saturated heterocycles. The number of likely N-dealkylation sites (N-methyl/N-ethyl adjacent to an activating group) is 1. The van der Waals surface area contributed by atoms with Crippen LogP contribution in [0.1, 0.15) is 59.7 Å². The summed E-state index contributed by atoms with van der Waals surface area (Å²) in [5.74, 6) is -3.20. The van der Waals surface area contributed by atoms with Gasteiger partial charge in [0.1, 0.15) is 30.2 Å². The second kappa shape index (κ2) is 11.6. The van der Waals surface area contributed by atoms with Gasteiger partial charge in [0.25, 0.3) is 0 Å². The first kappa shape index (κ1) is 32.5. The second-order valence-electron chi connectivity index (χ2n) is 14.3. The first-order chi connectivity index (χ1) is 22.6. The summed E-state index contributed by atoms with van der Waals surface area (Å²) < 4.78 is 53.9. The van der Waals surface area contributed by atoms with Crippen LogP contribution in [0.2, 0.25) is 0 Å². The number of nitrogens with zero attached hydrogens (tertiary/aromatic N) is 1. The second-order valence-corrected chi connectivity index (χ2v) is 14.3. The number of aliphatic hydroxyl groups excluding tert-OH is 1. The summed E-state index contributed by atoms with van der Waals surface area (Å²) in [6, 6.07) is 1.48. The highest BCUT2D eigenvalue weighted by Gasteiger charge is 2.74. The summed E-state index contributed by atoms with van der Waals surface area (Å²) in [7, 11) is 1.50. The summed E-state index contributed by atoms with van der Waals surface area (Å²) >= 11 is 0. The van der Waals surface area contributed by atoms with Gasteiger partial charge in [-0.3, -0.25) is 9.78 Å². The molecule has 2 aliphatic heterocycles. The highest BCUT2D eigenvalue weighted by molar-refractivity contribution is 5.76. The molecule has 3 heterocycles. The number of fused-ring (bicyclic) bond motifs is 8. The van der Waals surface area contributed by atoms with Crippen molar-refractivity contribution < 1.29 is 47.9 Å². The van der Waals surface area contributed by atoms with Crippen molar-refractivity contribution in [3.05, 3.63) is 65.8 Å². The molecule has 12 heteroatoms. The number of pyridine rings is 1. The van der Waals surface area contributed by atoms with Gasteiger partial charge in [0.05, 0.1) is 23.9 Å². The van der Waals surface area contributed by atoms with E-state index in [9.17, 15) is 19.1 Å². The molecular weight excluding hydrogens is 611 g/mol. The fourth-order valence-electron chi connectivity index (χ4n) is 9.41. The molecule has 1 aromatic heterocycles. The van der Waals surface area contributed by atoms with Crippen LogP contribution in [0.3, 0.4) is 0 Å². The van der Waals surface area contributed by atoms with Gasteiger partial charge < -0.3 is 39.2 Å². The molecular formula is C35H45FN2O9. The van der Waals surface area contributed by atoms with Gasteiger partial charge in [-0.25, -0.2) is 9.18 Å². The van der Waals surface area contributed by atoms with Gasteiger partial charge in [-0.2, -0.15) is 0 Å². The molecule has 256 valence electrons. The lowest BCUT2D eigenvalue weighted by Crippen LogP contribution is -2.76. The van der Waals surface area contributed by atoms with E-state index in [-0.39, 0.29) is 18.7 Å². The van der Waals surface area contributed by atoms with Crippen LogP contribution in [0.25, 0.3) is 0 Å². The van der Waals surface area contributed by atoms with Crippen molar-refractivity contribution in [2.24, 2.45) is 22.7 Å². The Bertz CT molecular complexity index is 1550. The first-order valence-electron chi connectivity index (χ1n) is 16.5. The number of aromatic nitrogens is 1. The van der Waals surface area contributed by atoms with Gasteiger partial charge in [-0.15, -0.1) is 0 Å². The molecule has 3 N–H and O–H groups in total. The van der Waals surface area contributed by atoms with E-state index in [1.54, 1.807) is 6.08 Å². The average Bonchev–Trinajstić information content (AvgIpc) is 3.45. The molecule has 0 radical (unpaired) electrons. The molecule has 0 unspecified atom stereocenters. The van der Waals surface area contributed by atoms with Gasteiger partial charge in [0.2, 0.25) is 1.43 Å². The number of carbonyl (C=O) groups excluding carboxylic acids is 2. The van der Waals surface area contributed by atoms with Crippen LogP contribution in [0, 0.1) is 28.5 Å². The van der Waals surface area contributed by atoms with E-state index in [4.69, 9.17) is 30.2 Å². The third kappa shape index (κ3) is 4.78. The fourth-order valence-corrected chi connectivity index (χ4v) is 9.41. The van der Waals surface area contributed by atoms with Crippen LogP contribution in [-0.4, -0.2) is 90.2 Å². The molecule has 1 saturated carbocycles. The number of nitrogens with one attached hydrogen (secondary N) is 1. The number of ether oxygens (including phenoxy) is 5. The molecule has 3 aliphatic carbocycles. The Morgan fingerprint density at radius 3 is 2.66 bits per heavy atom. The number of aliphatic hydroxyl groups is 2. The number of carbonyl (C=O) groups is 2. The molecule has 1 aromatic rings. The minimum absolute atomic E-state index is 0.0315. The standard InChI is InChI=1S/C35H45FN2O9/c1-9-23-45-28-24-17(2)21(44-31(41)27(40)26(37-8)25-20(36)11-10-14-38-25)15-35(42,32(24,5)6)18(3)29-33(7,30(28)46-23)13-12-22-34(29,16-43-22)47-19(4)39/h9-14,18,21-23,26-30,37,40,42H,1,15-16H2,2-8H3/t18-,21-,22+,23+,26-,27-,28+,29-,30+,33+,34-,35+/m0/s1/i40T. The summed E-state index contributed by atoms with van der Waals surface area (Å²) in [6.45, 7) is 15.1. The van der Waals surface area contributed by atoms with E-state index in [1.165, 1.54) is 32.3 Å². The van der Waals surface area contributed by atoms with Crippen molar-refractivity contribution in [1.82, 2.24) is 10.3 Å². The van der Waals surface area contributed by atoms with Crippen LogP contribution >= 0.6 is 0 Å². The predicted molar refractivity (Wildman–Crippen MR) is 166 cm³/mol. The molecule has 0 spiro atoms. The zero-order valence-corrected chi connectivity index (χ0v) is 27.8. The van der Waals surface area contributed by atoms with Crippen LogP contribution in [-0.2, 0) is 33.3 Å². The third-order valence-corrected chi connectivity index (χ3v) is 11.7. The molecule has 6 rings (SSSR count). The van der Waals surface area contributed by atoms with E-state index in [2.05, 4.69) is 16.9 Å². The topological polar surface area (TPSA) is 146 Å². The smallest absolute Gasteiger partial charge is 0.337 e. The SMILES string of the molecule is [3H]O[C@H](C(=O)O[C@H]1C[C@@]2(O)[C@@H](C)[C@H]3[C@@](C)(C=C[C@H]4OC[C@]43OC(C)=O)[C@@H]3O[C@H](C=C)O[C@@H]3C(=C1C)C2(C)C)[C@@H](NC)c1ncccc1F. The third-order valence-electron chi connectivity index (χ3n) is 11.7. The molecule has 11 nitrogen and oxygen atoms in total. The zero-order valence-electron chi connectivity index (χ0n) is 28.8. The Balaban J connectivity index is 1.48. The highest BCUT2D eigenvalue weighted by Crippen LogP contribution is 2.66. The number of halogens is 1. The predicted octanol–water partition coefficient (Wildman–Crippen LogP) is 3.07. The molecule has 0 aromatic carbocycles. The quantitative estimate of drug-likeness (QED) is 0.280. The summed E-state index contributed by atoms with van der Waals surface area (Å²) in [5, 5.41) is 20.8. The number of hydrogen-bond donors (Lipinski definition) is 3. The Morgan fingerprint density at radius 2 is 2.06 bits per heavy atom. The monoisotopic (exact) mass is 658 g/mol. The fraction of sp³-hybridized carbons (Fsp3) is 0.629. The summed E-state index contributed by atoms with van der Waals surface area (Å²) in [5.41, 5.74) is -3.18. The molecule has 2 bridgehead atoms. The normalized spacial score (nSPS) is 41.5. The van der Waals surface area contributed by atoms with E-state index in [0.29, 0.717) is 11.1 Å². The lowest BCUT2D eigenvalue weighted by atomic mass is 9.44. The van der Waals surface area contributed by atoms with E-state index in [0.717, 1.165) is 0 Å². The zero-order chi connectivity index (χ0) is 35.0. The Labute approximate surface area is 275 Å². The maximum Gasteiger partial charge on any atom is 0.337 e.